The third kappa shape index (κ3) is 5.82. The molecule has 11 heteroatoms. The predicted octanol–water partition coefficient (Wildman–Crippen LogP) is 4.27. The van der Waals surface area contributed by atoms with Crippen molar-refractivity contribution in [2.45, 2.75) is 26.0 Å². The topological polar surface area (TPSA) is 179 Å². The van der Waals surface area contributed by atoms with Crippen LogP contribution in [-0.4, -0.2) is 49.8 Å². The van der Waals surface area contributed by atoms with Gasteiger partial charge >= 0.3 is 0 Å². The van der Waals surface area contributed by atoms with Crippen LogP contribution in [0.5, 0.6) is 17.2 Å². The van der Waals surface area contributed by atoms with Crippen LogP contribution in [0.3, 0.4) is 0 Å². The van der Waals surface area contributed by atoms with Gasteiger partial charge < -0.3 is 41.4 Å². The molecule has 42 heavy (non-hydrogen) atoms. The van der Waals surface area contributed by atoms with Crippen molar-refractivity contribution in [2.75, 3.05) is 19.0 Å². The zero-order valence-corrected chi connectivity index (χ0v) is 23.2. The molecule has 8 N–H and O–H groups in total. The van der Waals surface area contributed by atoms with Gasteiger partial charge in [-0.05, 0) is 65.6 Å². The van der Waals surface area contributed by atoms with Gasteiger partial charge in [0.15, 0.2) is 17.1 Å². The van der Waals surface area contributed by atoms with Crippen LogP contribution < -0.4 is 21.1 Å². The highest BCUT2D eigenvalue weighted by atomic mass is 16.5. The van der Waals surface area contributed by atoms with Crippen molar-refractivity contribution in [3.05, 3.63) is 89.1 Å². The second-order valence-corrected chi connectivity index (χ2v) is 9.74. The number of primary amides is 1. The number of imidazole rings is 1. The third-order valence-corrected chi connectivity index (χ3v) is 7.07. The SMILES string of the molecule is CCc1c(CNCC(O)c2ccc(O)c(O)c2)cccc1Nc1c(C(N)=O)cnc2[nH]c(-c3ccc(OC)cc3)nc12. The van der Waals surface area contributed by atoms with E-state index in [0.717, 1.165) is 28.1 Å². The smallest absolute Gasteiger partial charge is 0.252 e. The number of rotatable bonds is 11. The van der Waals surface area contributed by atoms with E-state index in [1.54, 1.807) is 13.2 Å². The molecular weight excluding hydrogens is 536 g/mol. The van der Waals surface area contributed by atoms with Gasteiger partial charge in [-0.2, -0.15) is 0 Å². The molecule has 0 aliphatic heterocycles. The molecule has 1 amide bonds. The number of amides is 1. The first-order chi connectivity index (χ1) is 20.3. The van der Waals surface area contributed by atoms with E-state index < -0.39 is 12.0 Å². The summed E-state index contributed by atoms with van der Waals surface area (Å²) in [5.41, 5.74) is 11.5. The molecule has 0 aliphatic carbocycles. The maximum atomic E-state index is 12.4. The molecule has 1 atom stereocenters. The summed E-state index contributed by atoms with van der Waals surface area (Å²) in [6.07, 6.45) is 1.24. The number of phenols is 2. The number of aromatic amines is 1. The van der Waals surface area contributed by atoms with Gasteiger partial charge in [-0.15, -0.1) is 0 Å². The van der Waals surface area contributed by atoms with Crippen molar-refractivity contribution in [1.82, 2.24) is 20.3 Å². The monoisotopic (exact) mass is 568 g/mol. The first-order valence-electron chi connectivity index (χ1n) is 13.4. The van der Waals surface area contributed by atoms with Gasteiger partial charge in [-0.1, -0.05) is 25.1 Å². The lowest BCUT2D eigenvalue weighted by atomic mass is 10.0. The van der Waals surface area contributed by atoms with E-state index in [9.17, 15) is 20.1 Å². The number of nitrogens with one attached hydrogen (secondary N) is 3. The average molecular weight is 569 g/mol. The molecule has 0 bridgehead atoms. The fraction of sp³-hybridized carbons (Fsp3) is 0.194. The Morgan fingerprint density at radius 2 is 1.88 bits per heavy atom. The molecular formula is C31H32N6O5. The number of carbonyl (C=O) groups excluding carboxylic acids is 1. The lowest BCUT2D eigenvalue weighted by Crippen LogP contribution is -2.22. The van der Waals surface area contributed by atoms with Gasteiger partial charge in [0, 0.05) is 30.5 Å². The molecule has 0 radical (unpaired) electrons. The number of methoxy groups -OCH3 is 1. The molecule has 0 fully saturated rings. The Hall–Kier alpha value is -5.13. The number of aliphatic hydroxyl groups excluding tert-OH is 1. The summed E-state index contributed by atoms with van der Waals surface area (Å²) in [4.78, 5) is 24.8. The van der Waals surface area contributed by atoms with Crippen molar-refractivity contribution < 1.29 is 24.9 Å². The molecule has 216 valence electrons. The number of aromatic hydroxyl groups is 2. The molecule has 11 nitrogen and oxygen atoms in total. The number of aliphatic hydroxyl groups is 1. The van der Waals surface area contributed by atoms with Crippen LogP contribution in [0.25, 0.3) is 22.6 Å². The molecule has 5 rings (SSSR count). The van der Waals surface area contributed by atoms with E-state index in [1.165, 1.54) is 18.3 Å². The number of nitrogens with zero attached hydrogens (tertiary/aromatic N) is 2. The number of pyridine rings is 1. The highest BCUT2D eigenvalue weighted by Crippen LogP contribution is 2.33. The Bertz CT molecular complexity index is 1730. The minimum atomic E-state index is -0.884. The summed E-state index contributed by atoms with van der Waals surface area (Å²) in [6.45, 7) is 2.72. The molecule has 1 unspecified atom stereocenters. The molecule has 0 spiro atoms. The summed E-state index contributed by atoms with van der Waals surface area (Å²) < 4.78 is 5.25. The van der Waals surface area contributed by atoms with Crippen molar-refractivity contribution >= 4 is 28.4 Å². The van der Waals surface area contributed by atoms with Gasteiger partial charge in [0.05, 0.1) is 24.5 Å². The number of carbonyl (C=O) groups is 1. The Labute approximate surface area is 242 Å². The van der Waals surface area contributed by atoms with Crippen molar-refractivity contribution in [2.24, 2.45) is 5.73 Å². The second-order valence-electron chi connectivity index (χ2n) is 9.74. The zero-order chi connectivity index (χ0) is 29.8. The molecule has 3 aromatic carbocycles. The Morgan fingerprint density at radius 3 is 2.57 bits per heavy atom. The fourth-order valence-corrected chi connectivity index (χ4v) is 4.83. The first kappa shape index (κ1) is 28.4. The van der Waals surface area contributed by atoms with Crippen molar-refractivity contribution in [3.63, 3.8) is 0 Å². The van der Waals surface area contributed by atoms with Gasteiger partial charge in [-0.25, -0.2) is 9.97 Å². The van der Waals surface area contributed by atoms with Crippen LogP contribution in [0.1, 0.15) is 40.1 Å². The second kappa shape index (κ2) is 12.2. The lowest BCUT2D eigenvalue weighted by molar-refractivity contribution is 0.100. The number of fused-ring (bicyclic) bond motifs is 1. The Kier molecular flexibility index (Phi) is 8.23. The van der Waals surface area contributed by atoms with Gasteiger partial charge in [0.25, 0.3) is 5.91 Å². The fourth-order valence-electron chi connectivity index (χ4n) is 4.83. The van der Waals surface area contributed by atoms with E-state index in [0.29, 0.717) is 41.2 Å². The average Bonchev–Trinajstić information content (AvgIpc) is 3.43. The van der Waals surface area contributed by atoms with Crippen LogP contribution in [0.4, 0.5) is 11.4 Å². The highest BCUT2D eigenvalue weighted by molar-refractivity contribution is 6.06. The number of hydrogen-bond acceptors (Lipinski definition) is 9. The van der Waals surface area contributed by atoms with Crippen LogP contribution >= 0.6 is 0 Å². The maximum absolute atomic E-state index is 12.4. The largest absolute Gasteiger partial charge is 0.504 e. The summed E-state index contributed by atoms with van der Waals surface area (Å²) in [5.74, 6) is 0.146. The quantitative estimate of drug-likeness (QED) is 0.115. The molecule has 0 saturated heterocycles. The number of benzene rings is 3. The molecule has 5 aromatic rings. The van der Waals surface area contributed by atoms with Crippen molar-refractivity contribution in [3.8, 4) is 28.6 Å². The number of aromatic nitrogens is 3. The minimum absolute atomic E-state index is 0.209. The minimum Gasteiger partial charge on any atom is -0.504 e. The number of anilines is 2. The number of ether oxygens (including phenoxy) is 1. The number of nitrogens with two attached hydrogens (primary N) is 1. The van der Waals surface area contributed by atoms with Gasteiger partial charge in [-0.3, -0.25) is 4.79 Å². The Morgan fingerprint density at radius 1 is 1.10 bits per heavy atom. The Balaban J connectivity index is 1.41. The van der Waals surface area contributed by atoms with Crippen molar-refractivity contribution in [1.29, 1.82) is 0 Å². The molecule has 0 aliphatic rings. The lowest BCUT2D eigenvalue weighted by Gasteiger charge is -2.18. The van der Waals surface area contributed by atoms with Gasteiger partial charge in [0.2, 0.25) is 0 Å². The molecule has 2 heterocycles. The van der Waals surface area contributed by atoms with E-state index in [4.69, 9.17) is 15.5 Å². The summed E-state index contributed by atoms with van der Waals surface area (Å²) in [6, 6.07) is 17.5. The molecule has 0 saturated carbocycles. The summed E-state index contributed by atoms with van der Waals surface area (Å²) >= 11 is 0. The normalized spacial score (nSPS) is 11.9. The van der Waals surface area contributed by atoms with Crippen LogP contribution in [0, 0.1) is 0 Å². The van der Waals surface area contributed by atoms with Gasteiger partial charge in [0.1, 0.15) is 17.1 Å². The first-order valence-corrected chi connectivity index (χ1v) is 13.4. The van der Waals surface area contributed by atoms with E-state index in [1.807, 2.05) is 49.4 Å². The van der Waals surface area contributed by atoms with Crippen LogP contribution in [-0.2, 0) is 13.0 Å². The number of phenolic OH excluding ortho intramolecular Hbond substituents is 2. The van der Waals surface area contributed by atoms with Crippen LogP contribution in [0.15, 0.2) is 66.9 Å². The standard InChI is InChI=1S/C31H32N6O5/c1-3-21-19(14-33-16-26(40)18-9-12-24(38)25(39)13-18)5-4-6-23(21)35-27-22(29(32)41)15-34-31-28(27)36-30(37-31)17-7-10-20(42-2)11-8-17/h4-13,15,26,33,38-40H,3,14,16H2,1-2H3,(H2,32,41)(H2,34,35,36,37). The zero-order valence-electron chi connectivity index (χ0n) is 23.2. The van der Waals surface area contributed by atoms with Crippen LogP contribution in [0.2, 0.25) is 0 Å². The third-order valence-electron chi connectivity index (χ3n) is 7.07. The predicted molar refractivity (Wildman–Crippen MR) is 160 cm³/mol. The van der Waals surface area contributed by atoms with E-state index >= 15 is 0 Å². The summed E-state index contributed by atoms with van der Waals surface area (Å²) in [5, 5.41) is 36.5. The van der Waals surface area contributed by atoms with E-state index in [2.05, 4.69) is 20.6 Å². The maximum Gasteiger partial charge on any atom is 0.252 e. The molecule has 2 aromatic heterocycles. The number of hydrogen-bond donors (Lipinski definition) is 7. The highest BCUT2D eigenvalue weighted by Gasteiger charge is 2.19. The number of H-pyrrole nitrogens is 1. The van der Waals surface area contributed by atoms with E-state index in [-0.39, 0.29) is 23.6 Å². The summed E-state index contributed by atoms with van der Waals surface area (Å²) in [7, 11) is 1.60.